The first kappa shape index (κ1) is 19.4. The highest BCUT2D eigenvalue weighted by Crippen LogP contribution is 2.38. The third-order valence-corrected chi connectivity index (χ3v) is 6.00. The fourth-order valence-electron chi connectivity index (χ4n) is 2.27. The quantitative estimate of drug-likeness (QED) is 0.362. The molecule has 1 aliphatic rings. The number of amides is 1. The van der Waals surface area contributed by atoms with E-state index in [1.54, 1.807) is 18.2 Å². The van der Waals surface area contributed by atoms with Crippen LogP contribution in [0, 0.1) is 0 Å². The molecule has 1 amide bonds. The van der Waals surface area contributed by atoms with E-state index in [9.17, 15) is 18.0 Å². The number of nitrogens with zero attached hydrogens (tertiary/aromatic N) is 1. The zero-order valence-corrected chi connectivity index (χ0v) is 16.7. The van der Waals surface area contributed by atoms with E-state index >= 15 is 0 Å². The third kappa shape index (κ3) is 3.98. The van der Waals surface area contributed by atoms with Crippen molar-refractivity contribution in [3.8, 4) is 0 Å². The largest absolute Gasteiger partial charge is 0.416 e. The second kappa shape index (κ2) is 7.34. The van der Waals surface area contributed by atoms with Crippen molar-refractivity contribution in [1.82, 2.24) is 0 Å². The molecule has 0 atom stereocenters. The molecule has 9 heteroatoms. The molecule has 2 nitrogen and oxygen atoms in total. The molecule has 26 heavy (non-hydrogen) atoms. The molecule has 2 aromatic rings. The first-order valence-electron chi connectivity index (χ1n) is 7.07. The van der Waals surface area contributed by atoms with Crippen LogP contribution in [0.2, 0.25) is 5.02 Å². The average Bonchev–Trinajstić information content (AvgIpc) is 2.84. The summed E-state index contributed by atoms with van der Waals surface area (Å²) < 4.78 is 39.5. The lowest BCUT2D eigenvalue weighted by atomic mass is 10.1. The lowest BCUT2D eigenvalue weighted by molar-refractivity contribution is -0.137. The number of benzene rings is 2. The van der Waals surface area contributed by atoms with E-state index in [1.165, 1.54) is 23.1 Å². The van der Waals surface area contributed by atoms with E-state index < -0.39 is 17.6 Å². The SMILES string of the molecule is O=C1/C(=C\c2cccc(C(F)(F)F)c2)SC(=S)N1c1ccc(Br)c(Cl)c1. The Morgan fingerprint density at radius 1 is 1.19 bits per heavy atom. The predicted octanol–water partition coefficient (Wildman–Crippen LogP) is 6.53. The van der Waals surface area contributed by atoms with Crippen molar-refractivity contribution < 1.29 is 18.0 Å². The Labute approximate surface area is 170 Å². The van der Waals surface area contributed by atoms with E-state index in [0.717, 1.165) is 23.9 Å². The van der Waals surface area contributed by atoms with Gasteiger partial charge >= 0.3 is 6.18 Å². The number of thiocarbonyl (C=S) groups is 1. The molecule has 1 heterocycles. The van der Waals surface area contributed by atoms with E-state index in [1.807, 2.05) is 0 Å². The van der Waals surface area contributed by atoms with E-state index in [4.69, 9.17) is 23.8 Å². The van der Waals surface area contributed by atoms with Crippen LogP contribution in [0.1, 0.15) is 11.1 Å². The minimum Gasteiger partial charge on any atom is -0.268 e. The molecule has 1 aliphatic heterocycles. The molecule has 2 aromatic carbocycles. The molecule has 0 saturated carbocycles. The number of carbonyl (C=O) groups excluding carboxylic acids is 1. The summed E-state index contributed by atoms with van der Waals surface area (Å²) in [7, 11) is 0. The highest BCUT2D eigenvalue weighted by molar-refractivity contribution is 9.10. The van der Waals surface area contributed by atoms with Gasteiger partial charge in [0.15, 0.2) is 4.32 Å². The summed E-state index contributed by atoms with van der Waals surface area (Å²) in [4.78, 5) is 14.2. The Kier molecular flexibility index (Phi) is 5.48. The topological polar surface area (TPSA) is 20.3 Å². The van der Waals surface area contributed by atoms with Gasteiger partial charge in [-0.15, -0.1) is 0 Å². The van der Waals surface area contributed by atoms with Crippen molar-refractivity contribution in [2.75, 3.05) is 4.90 Å². The molecule has 1 fully saturated rings. The summed E-state index contributed by atoms with van der Waals surface area (Å²) in [6.45, 7) is 0. The minimum absolute atomic E-state index is 0.244. The molecule has 0 spiro atoms. The van der Waals surface area contributed by atoms with Gasteiger partial charge < -0.3 is 0 Å². The van der Waals surface area contributed by atoms with E-state index in [0.29, 0.717) is 15.2 Å². The van der Waals surface area contributed by atoms with Gasteiger partial charge in [0.2, 0.25) is 0 Å². The van der Waals surface area contributed by atoms with Crippen molar-refractivity contribution in [2.24, 2.45) is 0 Å². The van der Waals surface area contributed by atoms with Gasteiger partial charge in [-0.3, -0.25) is 9.69 Å². The maximum Gasteiger partial charge on any atom is 0.416 e. The van der Waals surface area contributed by atoms with Gasteiger partial charge in [0.25, 0.3) is 5.91 Å². The maximum absolute atomic E-state index is 12.8. The number of hydrogen-bond acceptors (Lipinski definition) is 3. The number of halogens is 5. The van der Waals surface area contributed by atoms with Crippen LogP contribution in [-0.4, -0.2) is 10.2 Å². The first-order valence-corrected chi connectivity index (χ1v) is 9.46. The molecule has 3 rings (SSSR count). The van der Waals surface area contributed by atoms with Crippen LogP contribution in [0.25, 0.3) is 6.08 Å². The van der Waals surface area contributed by atoms with Crippen LogP contribution < -0.4 is 4.90 Å². The van der Waals surface area contributed by atoms with E-state index in [2.05, 4.69) is 15.9 Å². The monoisotopic (exact) mass is 477 g/mol. The van der Waals surface area contributed by atoms with Gasteiger partial charge in [-0.05, 0) is 57.9 Å². The summed E-state index contributed by atoms with van der Waals surface area (Å²) in [5.74, 6) is -0.407. The highest BCUT2D eigenvalue weighted by atomic mass is 79.9. The fourth-order valence-corrected chi connectivity index (χ4v) is 3.99. The second-order valence-electron chi connectivity index (χ2n) is 5.24. The molecule has 0 unspecified atom stereocenters. The molecular formula is C17H8BrClF3NOS2. The summed E-state index contributed by atoms with van der Waals surface area (Å²) in [6, 6.07) is 9.71. The summed E-state index contributed by atoms with van der Waals surface area (Å²) in [5, 5.41) is 0.415. The zero-order chi connectivity index (χ0) is 19.1. The van der Waals surface area contributed by atoms with Gasteiger partial charge in [0.1, 0.15) is 0 Å². The zero-order valence-electron chi connectivity index (χ0n) is 12.7. The molecule has 0 aromatic heterocycles. The first-order chi connectivity index (χ1) is 12.2. The van der Waals surface area contributed by atoms with Gasteiger partial charge in [-0.25, -0.2) is 0 Å². The number of hydrogen-bond donors (Lipinski definition) is 0. The van der Waals surface area contributed by atoms with Crippen LogP contribution in [0.4, 0.5) is 18.9 Å². The predicted molar refractivity (Wildman–Crippen MR) is 106 cm³/mol. The summed E-state index contributed by atoms with van der Waals surface area (Å²) in [5.41, 5.74) is -0.0104. The third-order valence-electron chi connectivity index (χ3n) is 3.47. The molecule has 0 aliphatic carbocycles. The molecular weight excluding hydrogens is 471 g/mol. The van der Waals surface area contributed by atoms with Crippen molar-refractivity contribution >= 4 is 73.5 Å². The Balaban J connectivity index is 1.94. The fraction of sp³-hybridized carbons (Fsp3) is 0.0588. The van der Waals surface area contributed by atoms with Gasteiger partial charge in [0.05, 0.1) is 21.2 Å². The Bertz CT molecular complexity index is 946. The molecule has 0 N–H and O–H groups in total. The van der Waals surface area contributed by atoms with Crippen LogP contribution >= 0.6 is 51.5 Å². The van der Waals surface area contributed by atoms with Crippen molar-refractivity contribution in [3.63, 3.8) is 0 Å². The van der Waals surface area contributed by atoms with E-state index in [-0.39, 0.29) is 14.8 Å². The minimum atomic E-state index is -4.45. The van der Waals surface area contributed by atoms with Crippen molar-refractivity contribution in [3.05, 3.63) is 68.0 Å². The highest BCUT2D eigenvalue weighted by Gasteiger charge is 2.34. The van der Waals surface area contributed by atoms with Crippen molar-refractivity contribution in [1.29, 1.82) is 0 Å². The number of alkyl halides is 3. The molecule has 134 valence electrons. The summed E-state index contributed by atoms with van der Waals surface area (Å²) in [6.07, 6.45) is -3.05. The van der Waals surface area contributed by atoms with Gasteiger partial charge in [0, 0.05) is 4.47 Å². The molecule has 0 radical (unpaired) electrons. The summed E-state index contributed by atoms with van der Waals surface area (Å²) >= 11 is 15.6. The number of rotatable bonds is 2. The van der Waals surface area contributed by atoms with Crippen LogP contribution in [0.15, 0.2) is 51.8 Å². The Morgan fingerprint density at radius 3 is 2.58 bits per heavy atom. The molecule has 0 bridgehead atoms. The van der Waals surface area contributed by atoms with Gasteiger partial charge in [-0.2, -0.15) is 13.2 Å². The maximum atomic E-state index is 12.8. The Hall–Kier alpha value is -1.35. The second-order valence-corrected chi connectivity index (χ2v) is 8.18. The Morgan fingerprint density at radius 2 is 1.92 bits per heavy atom. The smallest absolute Gasteiger partial charge is 0.268 e. The standard InChI is InChI=1S/C17H8BrClF3NOS2/c18-12-5-4-11(8-13(12)19)23-15(24)14(26-16(23)25)7-9-2-1-3-10(6-9)17(20,21)22/h1-8H/b14-7+. The normalized spacial score (nSPS) is 16.7. The number of anilines is 1. The number of carbonyl (C=O) groups is 1. The lowest BCUT2D eigenvalue weighted by Crippen LogP contribution is -2.27. The van der Waals surface area contributed by atoms with Crippen molar-refractivity contribution in [2.45, 2.75) is 6.18 Å². The lowest BCUT2D eigenvalue weighted by Gasteiger charge is -2.15. The van der Waals surface area contributed by atoms with Crippen LogP contribution in [0.3, 0.4) is 0 Å². The number of thioether (sulfide) groups is 1. The molecule has 1 saturated heterocycles. The van der Waals surface area contributed by atoms with Crippen LogP contribution in [0.5, 0.6) is 0 Å². The average molecular weight is 479 g/mol. The van der Waals surface area contributed by atoms with Crippen LogP contribution in [-0.2, 0) is 11.0 Å². The van der Waals surface area contributed by atoms with Gasteiger partial charge in [-0.1, -0.05) is 47.7 Å².